The number of methoxy groups -OCH3 is 1. The van der Waals surface area contributed by atoms with E-state index in [0.29, 0.717) is 12.2 Å². The van der Waals surface area contributed by atoms with E-state index in [0.717, 1.165) is 0 Å². The van der Waals surface area contributed by atoms with Crippen molar-refractivity contribution in [3.05, 3.63) is 11.1 Å². The van der Waals surface area contributed by atoms with Crippen molar-refractivity contribution in [1.29, 1.82) is 0 Å². The second-order valence-corrected chi connectivity index (χ2v) is 3.34. The molecule has 0 saturated heterocycles. The highest BCUT2D eigenvalue weighted by atomic mass is 16.5. The molecular weight excluding hydrogens is 182 g/mol. The fraction of sp³-hybridized carbons (Fsp3) is 0.600. The summed E-state index contributed by atoms with van der Waals surface area (Å²) < 4.78 is 4.88. The first-order valence-electron chi connectivity index (χ1n) is 4.33. The van der Waals surface area contributed by atoms with Crippen molar-refractivity contribution < 1.29 is 14.3 Å². The lowest BCUT2D eigenvalue weighted by atomic mass is 10.1. The van der Waals surface area contributed by atoms with Gasteiger partial charge in [-0.2, -0.15) is 0 Å². The number of carbonyl (C=O) groups is 2. The zero-order valence-corrected chi connectivity index (χ0v) is 9.38. The van der Waals surface area contributed by atoms with Crippen molar-refractivity contribution in [2.24, 2.45) is 0 Å². The molecule has 0 atom stereocenters. The highest BCUT2D eigenvalue weighted by molar-refractivity contribution is 6.18. The second kappa shape index (κ2) is 5.54. The van der Waals surface area contributed by atoms with Gasteiger partial charge in [-0.3, -0.25) is 9.59 Å². The summed E-state index contributed by atoms with van der Waals surface area (Å²) in [6, 6.07) is 0. The minimum atomic E-state index is -0.271. The molecule has 0 aromatic heterocycles. The van der Waals surface area contributed by atoms with Crippen molar-refractivity contribution in [3.8, 4) is 0 Å². The van der Waals surface area contributed by atoms with Crippen LogP contribution in [0.5, 0.6) is 0 Å². The van der Waals surface area contributed by atoms with Gasteiger partial charge >= 0.3 is 0 Å². The number of amides is 1. The summed E-state index contributed by atoms with van der Waals surface area (Å²) in [6.45, 7) is 3.41. The van der Waals surface area contributed by atoms with Crippen LogP contribution in [-0.4, -0.2) is 44.4 Å². The lowest BCUT2D eigenvalue weighted by molar-refractivity contribution is -0.127. The Kier molecular flexibility index (Phi) is 5.09. The van der Waals surface area contributed by atoms with E-state index in [9.17, 15) is 9.59 Å². The number of carbonyl (C=O) groups excluding carboxylic acids is 2. The van der Waals surface area contributed by atoms with E-state index in [1.165, 1.54) is 18.9 Å². The number of hydrogen-bond acceptors (Lipinski definition) is 3. The Bertz CT molecular complexity index is 267. The highest BCUT2D eigenvalue weighted by Gasteiger charge is 2.18. The first-order chi connectivity index (χ1) is 6.41. The number of likely N-dealkylation sites (N-methyl/N-ethyl adjacent to an activating group) is 1. The third-order valence-corrected chi connectivity index (χ3v) is 1.76. The number of nitrogens with zero attached hydrogens (tertiary/aromatic N) is 1. The summed E-state index contributed by atoms with van der Waals surface area (Å²) in [5.41, 5.74) is 0.885. The standard InChI is InChI=1S/C10H17NO3/c1-7(6-14-5)9(8(2)12)10(13)11(3)4/h6H2,1-5H3. The molecule has 0 heterocycles. The van der Waals surface area contributed by atoms with Gasteiger partial charge in [0.25, 0.3) is 5.91 Å². The van der Waals surface area contributed by atoms with E-state index in [2.05, 4.69) is 0 Å². The van der Waals surface area contributed by atoms with Crippen molar-refractivity contribution in [3.63, 3.8) is 0 Å². The van der Waals surface area contributed by atoms with Gasteiger partial charge in [0.15, 0.2) is 5.78 Å². The van der Waals surface area contributed by atoms with Crippen LogP contribution in [0.3, 0.4) is 0 Å². The number of ether oxygens (including phenoxy) is 1. The Labute approximate surface area is 84.5 Å². The van der Waals surface area contributed by atoms with Gasteiger partial charge in [0.2, 0.25) is 0 Å². The van der Waals surface area contributed by atoms with Crippen LogP contribution in [0.1, 0.15) is 13.8 Å². The van der Waals surface area contributed by atoms with Gasteiger partial charge in [0, 0.05) is 21.2 Å². The second-order valence-electron chi connectivity index (χ2n) is 3.34. The molecule has 4 heteroatoms. The maximum Gasteiger partial charge on any atom is 0.256 e. The molecule has 0 spiro atoms. The average molecular weight is 199 g/mol. The third kappa shape index (κ3) is 3.30. The Morgan fingerprint density at radius 3 is 2.00 bits per heavy atom. The minimum Gasteiger partial charge on any atom is -0.380 e. The predicted octanol–water partition coefficient (Wildman–Crippen LogP) is 0.627. The largest absolute Gasteiger partial charge is 0.380 e. The molecule has 0 aliphatic heterocycles. The Morgan fingerprint density at radius 1 is 1.21 bits per heavy atom. The van der Waals surface area contributed by atoms with E-state index in [-0.39, 0.29) is 17.3 Å². The summed E-state index contributed by atoms with van der Waals surface area (Å²) in [5, 5.41) is 0. The molecule has 0 fully saturated rings. The third-order valence-electron chi connectivity index (χ3n) is 1.76. The van der Waals surface area contributed by atoms with Gasteiger partial charge in [-0.25, -0.2) is 0 Å². The van der Waals surface area contributed by atoms with Crippen LogP contribution < -0.4 is 0 Å². The van der Waals surface area contributed by atoms with Crippen LogP contribution >= 0.6 is 0 Å². The van der Waals surface area contributed by atoms with Crippen molar-refractivity contribution in [2.75, 3.05) is 27.8 Å². The molecular formula is C10H17NO3. The fourth-order valence-electron chi connectivity index (χ4n) is 1.15. The van der Waals surface area contributed by atoms with Crippen LogP contribution in [-0.2, 0) is 14.3 Å². The molecule has 0 N–H and O–H groups in total. The monoisotopic (exact) mass is 199 g/mol. The first-order valence-corrected chi connectivity index (χ1v) is 4.33. The SMILES string of the molecule is COCC(C)=C(C(C)=O)C(=O)N(C)C. The summed E-state index contributed by atoms with van der Waals surface area (Å²) >= 11 is 0. The molecule has 0 aromatic carbocycles. The number of Topliss-reactive ketones (excluding diaryl/α,β-unsaturated/α-hetero) is 1. The molecule has 0 radical (unpaired) electrons. The number of ketones is 1. The Hall–Kier alpha value is -1.16. The van der Waals surface area contributed by atoms with Crippen molar-refractivity contribution in [1.82, 2.24) is 4.90 Å². The zero-order valence-electron chi connectivity index (χ0n) is 9.38. The number of hydrogen-bond donors (Lipinski definition) is 0. The number of rotatable bonds is 4. The maximum absolute atomic E-state index is 11.6. The van der Waals surface area contributed by atoms with E-state index in [4.69, 9.17) is 4.74 Å². The van der Waals surface area contributed by atoms with Crippen LogP contribution in [0.25, 0.3) is 0 Å². The van der Waals surface area contributed by atoms with Crippen LogP contribution in [0.2, 0.25) is 0 Å². The fourth-order valence-corrected chi connectivity index (χ4v) is 1.15. The molecule has 14 heavy (non-hydrogen) atoms. The van der Waals surface area contributed by atoms with Crippen LogP contribution in [0.4, 0.5) is 0 Å². The molecule has 0 bridgehead atoms. The lowest BCUT2D eigenvalue weighted by Crippen LogP contribution is -2.28. The lowest BCUT2D eigenvalue weighted by Gasteiger charge is -2.13. The minimum absolute atomic E-state index is 0.219. The van der Waals surface area contributed by atoms with Crippen LogP contribution in [0.15, 0.2) is 11.1 Å². The zero-order chi connectivity index (χ0) is 11.3. The predicted molar refractivity (Wildman–Crippen MR) is 54.0 cm³/mol. The molecule has 0 aliphatic carbocycles. The van der Waals surface area contributed by atoms with E-state index in [1.807, 2.05) is 0 Å². The molecule has 0 aliphatic rings. The van der Waals surface area contributed by atoms with Gasteiger partial charge in [0.1, 0.15) is 0 Å². The van der Waals surface area contributed by atoms with Crippen molar-refractivity contribution >= 4 is 11.7 Å². The van der Waals surface area contributed by atoms with E-state index < -0.39 is 0 Å². The Morgan fingerprint density at radius 2 is 1.71 bits per heavy atom. The van der Waals surface area contributed by atoms with Crippen molar-refractivity contribution in [2.45, 2.75) is 13.8 Å². The summed E-state index contributed by atoms with van der Waals surface area (Å²) in [5.74, 6) is -0.495. The topological polar surface area (TPSA) is 46.6 Å². The van der Waals surface area contributed by atoms with Gasteiger partial charge in [0.05, 0.1) is 12.2 Å². The molecule has 1 amide bonds. The van der Waals surface area contributed by atoms with Gasteiger partial charge in [-0.1, -0.05) is 0 Å². The summed E-state index contributed by atoms with van der Waals surface area (Å²) in [4.78, 5) is 24.2. The van der Waals surface area contributed by atoms with Gasteiger partial charge < -0.3 is 9.64 Å². The molecule has 0 unspecified atom stereocenters. The normalized spacial score (nSPS) is 12.1. The maximum atomic E-state index is 11.6. The summed E-state index contributed by atoms with van der Waals surface area (Å²) in [7, 11) is 4.76. The van der Waals surface area contributed by atoms with Gasteiger partial charge in [-0.05, 0) is 19.4 Å². The first kappa shape index (κ1) is 12.8. The molecule has 0 saturated carbocycles. The summed E-state index contributed by atoms with van der Waals surface area (Å²) in [6.07, 6.45) is 0. The molecule has 4 nitrogen and oxygen atoms in total. The highest BCUT2D eigenvalue weighted by Crippen LogP contribution is 2.08. The molecule has 0 rings (SSSR count). The molecule has 0 aromatic rings. The van der Waals surface area contributed by atoms with E-state index in [1.54, 1.807) is 21.0 Å². The smallest absolute Gasteiger partial charge is 0.256 e. The quantitative estimate of drug-likeness (QED) is 0.379. The Balaban J connectivity index is 5.04. The average Bonchev–Trinajstić information content (AvgIpc) is 2.03. The molecule has 80 valence electrons. The van der Waals surface area contributed by atoms with Crippen LogP contribution in [0, 0.1) is 0 Å². The van der Waals surface area contributed by atoms with E-state index >= 15 is 0 Å². The van der Waals surface area contributed by atoms with Gasteiger partial charge in [-0.15, -0.1) is 0 Å².